The highest BCUT2D eigenvalue weighted by Crippen LogP contribution is 2.47. The minimum Gasteiger partial charge on any atom is -0.393 e. The summed E-state index contributed by atoms with van der Waals surface area (Å²) in [7, 11) is -1.01. The molecule has 0 aromatic heterocycles. The highest BCUT2D eigenvalue weighted by atomic mass is 28.3. The van der Waals surface area contributed by atoms with Crippen LogP contribution in [0.1, 0.15) is 71.1 Å². The molecular formula is C17H34OSi. The smallest absolute Gasteiger partial charge is 0.0537 e. The van der Waals surface area contributed by atoms with Crippen LogP contribution in [0.15, 0.2) is 0 Å². The fourth-order valence-corrected chi connectivity index (χ4v) is 9.28. The molecule has 0 unspecified atom stereocenters. The third kappa shape index (κ3) is 4.32. The monoisotopic (exact) mass is 282 g/mol. The first-order chi connectivity index (χ1) is 9.14. The Labute approximate surface area is 121 Å². The molecule has 2 aliphatic rings. The lowest BCUT2D eigenvalue weighted by Gasteiger charge is -2.43. The molecule has 1 nitrogen and oxygen atoms in total. The second-order valence-electron chi connectivity index (χ2n) is 7.60. The van der Waals surface area contributed by atoms with Gasteiger partial charge in [0.15, 0.2) is 0 Å². The van der Waals surface area contributed by atoms with Gasteiger partial charge in [0.2, 0.25) is 0 Å². The zero-order valence-corrected chi connectivity index (χ0v) is 14.2. The topological polar surface area (TPSA) is 20.2 Å². The van der Waals surface area contributed by atoms with Gasteiger partial charge in [-0.15, -0.1) is 0 Å². The number of rotatable bonds is 5. The van der Waals surface area contributed by atoms with Gasteiger partial charge >= 0.3 is 0 Å². The van der Waals surface area contributed by atoms with Gasteiger partial charge in [-0.2, -0.15) is 0 Å². The van der Waals surface area contributed by atoms with Gasteiger partial charge in [0, 0.05) is 0 Å². The van der Waals surface area contributed by atoms with E-state index in [-0.39, 0.29) is 6.10 Å². The highest BCUT2D eigenvalue weighted by Gasteiger charge is 2.40. The molecule has 0 amide bonds. The number of unbranched alkanes of at least 4 members (excludes halogenated alkanes) is 2. The highest BCUT2D eigenvalue weighted by molar-refractivity contribution is 6.80. The molecule has 0 radical (unpaired) electrons. The van der Waals surface area contributed by atoms with Crippen molar-refractivity contribution in [3.05, 3.63) is 0 Å². The van der Waals surface area contributed by atoms with Crippen LogP contribution in [0, 0.1) is 5.92 Å². The molecule has 1 aliphatic heterocycles. The van der Waals surface area contributed by atoms with Gasteiger partial charge in [-0.05, 0) is 24.3 Å². The van der Waals surface area contributed by atoms with Gasteiger partial charge < -0.3 is 5.11 Å². The molecule has 2 heteroatoms. The van der Waals surface area contributed by atoms with Crippen molar-refractivity contribution in [2.75, 3.05) is 0 Å². The molecule has 0 spiro atoms. The molecule has 0 aromatic rings. The van der Waals surface area contributed by atoms with Crippen molar-refractivity contribution in [2.45, 2.75) is 101 Å². The summed E-state index contributed by atoms with van der Waals surface area (Å²) in [5.41, 5.74) is 1.09. The van der Waals surface area contributed by atoms with Crippen molar-refractivity contribution in [3.63, 3.8) is 0 Å². The van der Waals surface area contributed by atoms with E-state index in [1.54, 1.807) is 0 Å². The summed E-state index contributed by atoms with van der Waals surface area (Å²) >= 11 is 0. The third-order valence-corrected chi connectivity index (χ3v) is 11.6. The largest absolute Gasteiger partial charge is 0.393 e. The second kappa shape index (κ2) is 7.26. The molecule has 19 heavy (non-hydrogen) atoms. The van der Waals surface area contributed by atoms with E-state index >= 15 is 0 Å². The lowest BCUT2D eigenvalue weighted by atomic mass is 9.85. The summed E-state index contributed by atoms with van der Waals surface area (Å²) in [6.07, 6.45) is 14.1. The molecule has 1 aliphatic carbocycles. The van der Waals surface area contributed by atoms with Crippen LogP contribution in [0.4, 0.5) is 0 Å². The lowest BCUT2D eigenvalue weighted by molar-refractivity contribution is 0.158. The summed E-state index contributed by atoms with van der Waals surface area (Å²) < 4.78 is 0. The van der Waals surface area contributed by atoms with Crippen LogP contribution in [0.3, 0.4) is 0 Å². The first-order valence-electron chi connectivity index (χ1n) is 8.82. The molecule has 1 N–H and O–H groups in total. The van der Waals surface area contributed by atoms with Crippen LogP contribution in [-0.4, -0.2) is 19.3 Å². The minimum absolute atomic E-state index is 0.0333. The summed E-state index contributed by atoms with van der Waals surface area (Å²) in [4.78, 5) is 0. The summed E-state index contributed by atoms with van der Waals surface area (Å²) in [5, 5.41) is 9.72. The van der Waals surface area contributed by atoms with Crippen LogP contribution in [-0.2, 0) is 0 Å². The van der Waals surface area contributed by atoms with E-state index in [1.165, 1.54) is 63.5 Å². The van der Waals surface area contributed by atoms with Gasteiger partial charge in [-0.25, -0.2) is 0 Å². The van der Waals surface area contributed by atoms with Gasteiger partial charge in [-0.3, -0.25) is 0 Å². The van der Waals surface area contributed by atoms with Crippen molar-refractivity contribution in [2.24, 2.45) is 5.92 Å². The zero-order chi connectivity index (χ0) is 13.7. The Kier molecular flexibility index (Phi) is 5.95. The van der Waals surface area contributed by atoms with E-state index in [9.17, 15) is 5.11 Å². The standard InChI is InChI=1S/C17H34OSi/c1-3-4-5-6-15-7-9-17(10-8-15)19(2)13-11-16(18)12-14-19/h15-18H,3-14H2,1-2H3. The predicted octanol–water partition coefficient (Wildman–Crippen LogP) is 5.36. The Hall–Kier alpha value is 0.177. The Bertz CT molecular complexity index is 250. The molecule has 112 valence electrons. The fraction of sp³-hybridized carbons (Fsp3) is 1.00. The Morgan fingerprint density at radius 1 is 0.947 bits per heavy atom. The first kappa shape index (κ1) is 15.6. The van der Waals surface area contributed by atoms with Crippen molar-refractivity contribution in [3.8, 4) is 0 Å². The molecule has 1 saturated carbocycles. The van der Waals surface area contributed by atoms with E-state index < -0.39 is 8.07 Å². The van der Waals surface area contributed by atoms with Crippen molar-refractivity contribution in [1.29, 1.82) is 0 Å². The lowest BCUT2D eigenvalue weighted by Crippen LogP contribution is -2.42. The normalized spacial score (nSPS) is 40.3. The summed E-state index contributed by atoms with van der Waals surface area (Å²) in [5.74, 6) is 1.05. The predicted molar refractivity (Wildman–Crippen MR) is 86.3 cm³/mol. The van der Waals surface area contributed by atoms with Crippen molar-refractivity contribution in [1.82, 2.24) is 0 Å². The van der Waals surface area contributed by atoms with Crippen molar-refractivity contribution >= 4 is 8.07 Å². The van der Waals surface area contributed by atoms with Crippen molar-refractivity contribution < 1.29 is 5.11 Å². The zero-order valence-electron chi connectivity index (χ0n) is 13.2. The Balaban J connectivity index is 1.73. The maximum absolute atomic E-state index is 9.72. The average Bonchev–Trinajstić information content (AvgIpc) is 2.43. The molecule has 0 bridgehead atoms. The van der Waals surface area contributed by atoms with E-state index in [1.807, 2.05) is 0 Å². The van der Waals surface area contributed by atoms with E-state index in [0.717, 1.165) is 24.3 Å². The SMILES string of the molecule is CCCCCC1CCC([Si]2(C)CCC(O)CC2)CC1. The Morgan fingerprint density at radius 2 is 1.58 bits per heavy atom. The number of aliphatic hydroxyl groups is 1. The summed E-state index contributed by atoms with van der Waals surface area (Å²) in [6, 6.07) is 2.80. The van der Waals surface area contributed by atoms with Crippen LogP contribution < -0.4 is 0 Å². The maximum Gasteiger partial charge on any atom is 0.0537 e. The van der Waals surface area contributed by atoms with Crippen LogP contribution in [0.5, 0.6) is 0 Å². The molecule has 0 atom stereocenters. The average molecular weight is 283 g/mol. The van der Waals surface area contributed by atoms with Gasteiger partial charge in [0.25, 0.3) is 0 Å². The molecule has 2 fully saturated rings. The first-order valence-corrected chi connectivity index (χ1v) is 11.8. The number of hydrogen-bond donors (Lipinski definition) is 1. The van der Waals surface area contributed by atoms with Gasteiger partial charge in [-0.1, -0.05) is 76.9 Å². The van der Waals surface area contributed by atoms with Crippen LogP contribution >= 0.6 is 0 Å². The summed E-state index contributed by atoms with van der Waals surface area (Å²) in [6.45, 7) is 4.95. The third-order valence-electron chi connectivity index (χ3n) is 6.15. The van der Waals surface area contributed by atoms with E-state index in [2.05, 4.69) is 13.5 Å². The van der Waals surface area contributed by atoms with Gasteiger partial charge in [0.05, 0.1) is 14.2 Å². The van der Waals surface area contributed by atoms with E-state index in [4.69, 9.17) is 0 Å². The minimum atomic E-state index is -1.01. The molecule has 1 heterocycles. The molecule has 0 aromatic carbocycles. The second-order valence-corrected chi connectivity index (χ2v) is 12.7. The van der Waals surface area contributed by atoms with E-state index in [0.29, 0.717) is 0 Å². The number of aliphatic hydroxyl groups excluding tert-OH is 1. The Morgan fingerprint density at radius 3 is 2.16 bits per heavy atom. The maximum atomic E-state index is 9.72. The number of hydrogen-bond acceptors (Lipinski definition) is 1. The molecular weight excluding hydrogens is 248 g/mol. The van der Waals surface area contributed by atoms with Crippen LogP contribution in [0.25, 0.3) is 0 Å². The quantitative estimate of drug-likeness (QED) is 0.531. The molecule has 1 saturated heterocycles. The fourth-order valence-electron chi connectivity index (χ4n) is 4.50. The van der Waals surface area contributed by atoms with Crippen LogP contribution in [0.2, 0.25) is 24.2 Å². The molecule has 2 rings (SSSR count). The van der Waals surface area contributed by atoms with Gasteiger partial charge in [0.1, 0.15) is 0 Å².